The molecule has 0 aromatic rings. The monoisotopic (exact) mass is 290 g/mol. The Balaban J connectivity index is 1.99. The summed E-state index contributed by atoms with van der Waals surface area (Å²) in [6.45, 7) is 2.40. The third kappa shape index (κ3) is 3.68. The SMILES string of the molecule is CC(NS(=O)(=O)N1CCCCC1CO)C1CCCC1. The average Bonchev–Trinajstić information content (AvgIpc) is 2.92. The van der Waals surface area contributed by atoms with Gasteiger partial charge in [0.05, 0.1) is 6.61 Å². The van der Waals surface area contributed by atoms with Crippen LogP contribution in [0, 0.1) is 5.92 Å². The summed E-state index contributed by atoms with van der Waals surface area (Å²) in [4.78, 5) is 0. The maximum Gasteiger partial charge on any atom is 0.280 e. The second-order valence-electron chi connectivity index (χ2n) is 5.90. The van der Waals surface area contributed by atoms with Crippen molar-refractivity contribution >= 4 is 10.2 Å². The zero-order chi connectivity index (χ0) is 13.9. The molecule has 6 heteroatoms. The lowest BCUT2D eigenvalue weighted by Crippen LogP contribution is -2.53. The molecule has 19 heavy (non-hydrogen) atoms. The first-order chi connectivity index (χ1) is 9.04. The summed E-state index contributed by atoms with van der Waals surface area (Å²) in [5, 5.41) is 9.34. The van der Waals surface area contributed by atoms with Crippen molar-refractivity contribution < 1.29 is 13.5 Å². The van der Waals surface area contributed by atoms with E-state index >= 15 is 0 Å². The van der Waals surface area contributed by atoms with E-state index in [1.54, 1.807) is 0 Å². The molecule has 0 aromatic heterocycles. The highest BCUT2D eigenvalue weighted by Crippen LogP contribution is 2.28. The van der Waals surface area contributed by atoms with Crippen LogP contribution >= 0.6 is 0 Å². The quantitative estimate of drug-likeness (QED) is 0.800. The molecule has 2 unspecified atom stereocenters. The molecular weight excluding hydrogens is 264 g/mol. The maximum absolute atomic E-state index is 12.4. The summed E-state index contributed by atoms with van der Waals surface area (Å²) in [6.07, 6.45) is 7.29. The predicted octanol–water partition coefficient (Wildman–Crippen LogP) is 1.25. The standard InChI is InChI=1S/C13H26N2O3S/c1-11(12-6-2-3-7-12)14-19(17,18)15-9-5-4-8-13(15)10-16/h11-14,16H,2-10H2,1H3. The molecule has 2 rings (SSSR count). The summed E-state index contributed by atoms with van der Waals surface area (Å²) in [5.41, 5.74) is 0. The van der Waals surface area contributed by atoms with Gasteiger partial charge in [0.1, 0.15) is 0 Å². The molecule has 1 heterocycles. The number of aliphatic hydroxyl groups is 1. The lowest BCUT2D eigenvalue weighted by Gasteiger charge is -2.35. The number of hydrogen-bond acceptors (Lipinski definition) is 3. The van der Waals surface area contributed by atoms with Gasteiger partial charge in [0.2, 0.25) is 0 Å². The Kier molecular flexibility index (Phi) is 5.22. The molecule has 1 saturated heterocycles. The molecule has 0 spiro atoms. The molecule has 5 nitrogen and oxygen atoms in total. The van der Waals surface area contributed by atoms with Gasteiger partial charge in [-0.15, -0.1) is 0 Å². The fourth-order valence-corrected chi connectivity index (χ4v) is 5.06. The Morgan fingerprint density at radius 1 is 1.21 bits per heavy atom. The predicted molar refractivity (Wildman–Crippen MR) is 74.9 cm³/mol. The molecule has 1 saturated carbocycles. The zero-order valence-corrected chi connectivity index (χ0v) is 12.5. The Bertz CT molecular complexity index is 379. The number of piperidine rings is 1. The summed E-state index contributed by atoms with van der Waals surface area (Å²) in [7, 11) is -3.46. The van der Waals surface area contributed by atoms with Crippen LogP contribution in [0.5, 0.6) is 0 Å². The molecule has 1 aliphatic carbocycles. The summed E-state index contributed by atoms with van der Waals surface area (Å²) in [5.74, 6) is 0.465. The van der Waals surface area contributed by atoms with Crippen LogP contribution in [0.4, 0.5) is 0 Å². The Morgan fingerprint density at radius 2 is 1.84 bits per heavy atom. The van der Waals surface area contributed by atoms with Gasteiger partial charge < -0.3 is 5.11 Å². The van der Waals surface area contributed by atoms with Crippen LogP contribution in [0.3, 0.4) is 0 Å². The van der Waals surface area contributed by atoms with Crippen LogP contribution < -0.4 is 4.72 Å². The van der Waals surface area contributed by atoms with Gasteiger partial charge >= 0.3 is 0 Å². The Labute approximate surface area is 116 Å². The topological polar surface area (TPSA) is 69.6 Å². The molecule has 0 bridgehead atoms. The molecule has 2 aliphatic rings. The van der Waals surface area contributed by atoms with Gasteiger partial charge in [-0.3, -0.25) is 0 Å². The van der Waals surface area contributed by atoms with E-state index in [4.69, 9.17) is 0 Å². The summed E-state index contributed by atoms with van der Waals surface area (Å²) < 4.78 is 29.1. The fourth-order valence-electron chi connectivity index (χ4n) is 3.33. The van der Waals surface area contributed by atoms with E-state index in [1.165, 1.54) is 17.1 Å². The van der Waals surface area contributed by atoms with Gasteiger partial charge in [-0.2, -0.15) is 17.4 Å². The summed E-state index contributed by atoms with van der Waals surface area (Å²) in [6, 6.07) is -0.254. The molecule has 0 radical (unpaired) electrons. The van der Waals surface area contributed by atoms with Crippen LogP contribution in [0.25, 0.3) is 0 Å². The third-order valence-electron chi connectivity index (χ3n) is 4.53. The van der Waals surface area contributed by atoms with Crippen molar-refractivity contribution in [3.05, 3.63) is 0 Å². The van der Waals surface area contributed by atoms with Gasteiger partial charge in [-0.25, -0.2) is 0 Å². The van der Waals surface area contributed by atoms with Crippen molar-refractivity contribution in [2.24, 2.45) is 5.92 Å². The van der Waals surface area contributed by atoms with E-state index in [-0.39, 0.29) is 18.7 Å². The number of nitrogens with one attached hydrogen (secondary N) is 1. The first kappa shape index (κ1) is 15.2. The van der Waals surface area contributed by atoms with Crippen molar-refractivity contribution in [2.45, 2.75) is 64.0 Å². The van der Waals surface area contributed by atoms with Crippen molar-refractivity contribution in [2.75, 3.05) is 13.2 Å². The van der Waals surface area contributed by atoms with Gasteiger partial charge in [0.25, 0.3) is 10.2 Å². The van der Waals surface area contributed by atoms with E-state index in [0.717, 1.165) is 32.1 Å². The van der Waals surface area contributed by atoms with Gasteiger partial charge in [0, 0.05) is 18.6 Å². The Morgan fingerprint density at radius 3 is 2.47 bits per heavy atom. The minimum Gasteiger partial charge on any atom is -0.395 e. The highest BCUT2D eigenvalue weighted by Gasteiger charge is 2.34. The van der Waals surface area contributed by atoms with Crippen molar-refractivity contribution in [3.63, 3.8) is 0 Å². The molecule has 2 fully saturated rings. The molecule has 0 aromatic carbocycles. The molecule has 1 aliphatic heterocycles. The number of rotatable bonds is 5. The van der Waals surface area contributed by atoms with E-state index in [0.29, 0.717) is 12.5 Å². The Hall–Kier alpha value is -0.170. The van der Waals surface area contributed by atoms with Crippen LogP contribution in [0.1, 0.15) is 51.9 Å². The van der Waals surface area contributed by atoms with Gasteiger partial charge in [-0.05, 0) is 38.5 Å². The molecule has 112 valence electrons. The first-order valence-corrected chi connectivity index (χ1v) is 8.88. The van der Waals surface area contributed by atoms with E-state index in [1.807, 2.05) is 6.92 Å². The normalized spacial score (nSPS) is 28.6. The highest BCUT2D eigenvalue weighted by atomic mass is 32.2. The second-order valence-corrected chi connectivity index (χ2v) is 7.55. The smallest absolute Gasteiger partial charge is 0.280 e. The molecule has 2 N–H and O–H groups in total. The lowest BCUT2D eigenvalue weighted by molar-refractivity contribution is 0.153. The second kappa shape index (κ2) is 6.52. The van der Waals surface area contributed by atoms with Crippen molar-refractivity contribution in [1.82, 2.24) is 9.03 Å². The largest absolute Gasteiger partial charge is 0.395 e. The van der Waals surface area contributed by atoms with Crippen molar-refractivity contribution in [3.8, 4) is 0 Å². The van der Waals surface area contributed by atoms with E-state index in [2.05, 4.69) is 4.72 Å². The van der Waals surface area contributed by atoms with E-state index < -0.39 is 10.2 Å². The minimum atomic E-state index is -3.46. The summed E-state index contributed by atoms with van der Waals surface area (Å²) >= 11 is 0. The third-order valence-corrected chi connectivity index (χ3v) is 6.30. The molecular formula is C13H26N2O3S. The number of nitrogens with zero attached hydrogens (tertiary/aromatic N) is 1. The van der Waals surface area contributed by atoms with Gasteiger partial charge in [0.15, 0.2) is 0 Å². The van der Waals surface area contributed by atoms with Crippen LogP contribution in [0.15, 0.2) is 0 Å². The van der Waals surface area contributed by atoms with Gasteiger partial charge in [-0.1, -0.05) is 19.3 Å². The van der Waals surface area contributed by atoms with E-state index in [9.17, 15) is 13.5 Å². The molecule has 2 atom stereocenters. The number of aliphatic hydroxyl groups excluding tert-OH is 1. The zero-order valence-electron chi connectivity index (χ0n) is 11.7. The average molecular weight is 290 g/mol. The minimum absolute atomic E-state index is 0.00577. The van der Waals surface area contributed by atoms with Crippen LogP contribution in [-0.4, -0.2) is 43.1 Å². The number of hydrogen-bond donors (Lipinski definition) is 2. The van der Waals surface area contributed by atoms with Crippen molar-refractivity contribution in [1.29, 1.82) is 0 Å². The maximum atomic E-state index is 12.4. The lowest BCUT2D eigenvalue weighted by atomic mass is 10.0. The van der Waals surface area contributed by atoms with Crippen LogP contribution in [0.2, 0.25) is 0 Å². The highest BCUT2D eigenvalue weighted by molar-refractivity contribution is 7.87. The van der Waals surface area contributed by atoms with Crippen LogP contribution in [-0.2, 0) is 10.2 Å². The fraction of sp³-hybridized carbons (Fsp3) is 1.00. The first-order valence-electron chi connectivity index (χ1n) is 7.44. The molecule has 0 amide bonds.